The zero-order valence-corrected chi connectivity index (χ0v) is 15.6. The van der Waals surface area contributed by atoms with E-state index < -0.39 is 23.6 Å². The van der Waals surface area contributed by atoms with Gasteiger partial charge in [0.05, 0.1) is 17.6 Å². The number of carboxylic acid groups (broad SMARTS) is 1. The first-order chi connectivity index (χ1) is 13.8. The highest BCUT2D eigenvalue weighted by Gasteiger charge is 2.28. The standard InChI is InChI=1S/C20H14ClF2N3O3/c21-10-1-3-12-17(7-10)25-16-5-6-26(20(28)29)9-13(16)18(12)19(27)24-11-2-4-14(22)15(23)8-11/h1-4,7-8H,5-6,9H2,(H,24,27)(H,28,29). The predicted molar refractivity (Wildman–Crippen MR) is 103 cm³/mol. The molecule has 2 heterocycles. The number of anilines is 1. The number of nitrogens with one attached hydrogen (secondary N) is 1. The normalized spacial score (nSPS) is 13.3. The van der Waals surface area contributed by atoms with Crippen molar-refractivity contribution in [3.8, 4) is 0 Å². The summed E-state index contributed by atoms with van der Waals surface area (Å²) in [5, 5.41) is 12.8. The molecule has 0 saturated heterocycles. The van der Waals surface area contributed by atoms with Crippen molar-refractivity contribution < 1.29 is 23.5 Å². The Kier molecular flexibility index (Phi) is 4.79. The van der Waals surface area contributed by atoms with Crippen molar-refractivity contribution in [1.29, 1.82) is 0 Å². The van der Waals surface area contributed by atoms with Gasteiger partial charge in [-0.1, -0.05) is 17.7 Å². The maximum atomic E-state index is 13.5. The van der Waals surface area contributed by atoms with E-state index >= 15 is 0 Å². The number of pyridine rings is 1. The van der Waals surface area contributed by atoms with Crippen LogP contribution in [-0.2, 0) is 13.0 Å². The SMILES string of the molecule is O=C(Nc1ccc(F)c(F)c1)c1c2c(nc3cc(Cl)ccc13)CCN(C(=O)O)C2. The molecule has 4 rings (SSSR count). The molecular weight excluding hydrogens is 404 g/mol. The Morgan fingerprint density at radius 1 is 1.14 bits per heavy atom. The lowest BCUT2D eigenvalue weighted by Gasteiger charge is -2.28. The summed E-state index contributed by atoms with van der Waals surface area (Å²) in [4.78, 5) is 30.3. The third-order valence-electron chi connectivity index (χ3n) is 4.78. The maximum Gasteiger partial charge on any atom is 0.407 e. The smallest absolute Gasteiger partial charge is 0.407 e. The predicted octanol–water partition coefficient (Wildman–Crippen LogP) is 4.45. The average molecular weight is 418 g/mol. The van der Waals surface area contributed by atoms with Gasteiger partial charge in [0.15, 0.2) is 11.6 Å². The fourth-order valence-electron chi connectivity index (χ4n) is 3.41. The van der Waals surface area contributed by atoms with Crippen molar-refractivity contribution in [2.75, 3.05) is 11.9 Å². The van der Waals surface area contributed by atoms with Gasteiger partial charge in [0.2, 0.25) is 0 Å². The van der Waals surface area contributed by atoms with Gasteiger partial charge < -0.3 is 15.3 Å². The van der Waals surface area contributed by atoms with E-state index in [0.717, 1.165) is 12.1 Å². The number of hydrogen-bond acceptors (Lipinski definition) is 3. The third kappa shape index (κ3) is 3.58. The van der Waals surface area contributed by atoms with Crippen LogP contribution in [0.3, 0.4) is 0 Å². The first-order valence-corrected chi connectivity index (χ1v) is 9.06. The Hall–Kier alpha value is -3.26. The molecule has 9 heteroatoms. The number of benzene rings is 2. The van der Waals surface area contributed by atoms with Gasteiger partial charge in [0.25, 0.3) is 5.91 Å². The number of nitrogens with zero attached hydrogens (tertiary/aromatic N) is 2. The lowest BCUT2D eigenvalue weighted by atomic mass is 9.95. The molecule has 0 saturated carbocycles. The molecule has 2 aromatic carbocycles. The number of rotatable bonds is 2. The minimum Gasteiger partial charge on any atom is -0.465 e. The first kappa shape index (κ1) is 19.1. The number of aromatic nitrogens is 1. The number of halogens is 3. The van der Waals surface area contributed by atoms with Crippen molar-refractivity contribution in [3.05, 3.63) is 69.9 Å². The van der Waals surface area contributed by atoms with Crippen LogP contribution in [0.25, 0.3) is 10.9 Å². The first-order valence-electron chi connectivity index (χ1n) is 8.69. The topological polar surface area (TPSA) is 82.5 Å². The molecule has 0 radical (unpaired) electrons. The highest BCUT2D eigenvalue weighted by Crippen LogP contribution is 2.30. The molecule has 0 bridgehead atoms. The molecule has 1 aromatic heterocycles. The molecule has 1 aliphatic rings. The summed E-state index contributed by atoms with van der Waals surface area (Å²) in [5.41, 5.74) is 1.89. The van der Waals surface area contributed by atoms with Gasteiger partial charge in [0.1, 0.15) is 0 Å². The Morgan fingerprint density at radius 2 is 1.93 bits per heavy atom. The van der Waals surface area contributed by atoms with Crippen LogP contribution >= 0.6 is 11.6 Å². The zero-order chi connectivity index (χ0) is 20.7. The largest absolute Gasteiger partial charge is 0.465 e. The van der Waals surface area contributed by atoms with Crippen LogP contribution in [0.5, 0.6) is 0 Å². The van der Waals surface area contributed by atoms with Crippen LogP contribution in [0.2, 0.25) is 5.02 Å². The minimum absolute atomic E-state index is 0.00321. The fraction of sp³-hybridized carbons (Fsp3) is 0.150. The number of amides is 2. The maximum absolute atomic E-state index is 13.5. The second-order valence-corrected chi connectivity index (χ2v) is 7.05. The summed E-state index contributed by atoms with van der Waals surface area (Å²) >= 11 is 6.06. The van der Waals surface area contributed by atoms with Crippen molar-refractivity contribution in [3.63, 3.8) is 0 Å². The molecule has 0 unspecified atom stereocenters. The Morgan fingerprint density at radius 3 is 2.66 bits per heavy atom. The molecule has 0 spiro atoms. The second kappa shape index (κ2) is 7.29. The number of carbonyl (C=O) groups is 2. The summed E-state index contributed by atoms with van der Waals surface area (Å²) in [7, 11) is 0. The molecule has 0 aliphatic carbocycles. The van der Waals surface area contributed by atoms with Crippen molar-refractivity contribution in [2.24, 2.45) is 0 Å². The zero-order valence-electron chi connectivity index (χ0n) is 14.9. The lowest BCUT2D eigenvalue weighted by molar-refractivity contribution is 0.102. The molecule has 29 heavy (non-hydrogen) atoms. The van der Waals surface area contributed by atoms with Crippen LogP contribution in [-0.4, -0.2) is 33.5 Å². The lowest BCUT2D eigenvalue weighted by Crippen LogP contribution is -2.36. The number of hydrogen-bond donors (Lipinski definition) is 2. The van der Waals surface area contributed by atoms with E-state index in [0.29, 0.717) is 33.6 Å². The minimum atomic E-state index is -1.10. The number of fused-ring (bicyclic) bond motifs is 2. The summed E-state index contributed by atoms with van der Waals surface area (Å²) < 4.78 is 26.7. The van der Waals surface area contributed by atoms with Crippen LogP contribution in [0, 0.1) is 11.6 Å². The summed E-state index contributed by atoms with van der Waals surface area (Å²) in [6.07, 6.45) is -0.756. The monoisotopic (exact) mass is 417 g/mol. The fourth-order valence-corrected chi connectivity index (χ4v) is 3.57. The van der Waals surface area contributed by atoms with Gasteiger partial charge in [-0.05, 0) is 24.3 Å². The van der Waals surface area contributed by atoms with Crippen LogP contribution in [0.4, 0.5) is 19.3 Å². The quantitative estimate of drug-likeness (QED) is 0.645. The van der Waals surface area contributed by atoms with E-state index in [9.17, 15) is 23.5 Å². The molecular formula is C20H14ClF2N3O3. The van der Waals surface area contributed by atoms with E-state index in [4.69, 9.17) is 11.6 Å². The van der Waals surface area contributed by atoms with E-state index in [2.05, 4.69) is 10.3 Å². The van der Waals surface area contributed by atoms with Gasteiger partial charge in [-0.3, -0.25) is 9.78 Å². The van der Waals surface area contributed by atoms with Crippen LogP contribution in [0.15, 0.2) is 36.4 Å². The Balaban J connectivity index is 1.84. The third-order valence-corrected chi connectivity index (χ3v) is 5.01. The van der Waals surface area contributed by atoms with E-state index in [1.165, 1.54) is 11.0 Å². The molecule has 6 nitrogen and oxygen atoms in total. The molecule has 3 aromatic rings. The second-order valence-electron chi connectivity index (χ2n) is 6.61. The number of carbonyl (C=O) groups excluding carboxylic acids is 1. The van der Waals surface area contributed by atoms with E-state index in [1.54, 1.807) is 18.2 Å². The molecule has 1 aliphatic heterocycles. The van der Waals surface area contributed by atoms with Gasteiger partial charge in [0, 0.05) is 46.4 Å². The molecule has 2 amide bonds. The van der Waals surface area contributed by atoms with Crippen molar-refractivity contribution in [2.45, 2.75) is 13.0 Å². The molecule has 2 N–H and O–H groups in total. The average Bonchev–Trinajstić information content (AvgIpc) is 2.68. The molecule has 0 atom stereocenters. The molecule has 0 fully saturated rings. The van der Waals surface area contributed by atoms with Crippen LogP contribution < -0.4 is 5.32 Å². The van der Waals surface area contributed by atoms with E-state index in [-0.39, 0.29) is 24.3 Å². The van der Waals surface area contributed by atoms with Crippen LogP contribution in [0.1, 0.15) is 21.6 Å². The summed E-state index contributed by atoms with van der Waals surface area (Å²) in [6, 6.07) is 7.89. The highest BCUT2D eigenvalue weighted by atomic mass is 35.5. The summed E-state index contributed by atoms with van der Waals surface area (Å²) in [6.45, 7) is 0.252. The van der Waals surface area contributed by atoms with Gasteiger partial charge in [-0.2, -0.15) is 0 Å². The van der Waals surface area contributed by atoms with E-state index in [1.807, 2.05) is 0 Å². The van der Waals surface area contributed by atoms with Gasteiger partial charge in [-0.25, -0.2) is 13.6 Å². The summed E-state index contributed by atoms with van der Waals surface area (Å²) in [5.74, 6) is -2.69. The molecule has 148 valence electrons. The van der Waals surface area contributed by atoms with Crippen molar-refractivity contribution >= 4 is 40.2 Å². The Bertz CT molecular complexity index is 1170. The Labute approximate surface area is 168 Å². The van der Waals surface area contributed by atoms with Gasteiger partial charge >= 0.3 is 6.09 Å². The van der Waals surface area contributed by atoms with Crippen molar-refractivity contribution in [1.82, 2.24) is 9.88 Å². The van der Waals surface area contributed by atoms with Gasteiger partial charge in [-0.15, -0.1) is 0 Å². The highest BCUT2D eigenvalue weighted by molar-refractivity contribution is 6.31.